The highest BCUT2D eigenvalue weighted by molar-refractivity contribution is 6.05. The molecule has 1 aliphatic heterocycles. The minimum atomic E-state index is -0.659. The first-order valence-corrected chi connectivity index (χ1v) is 10.1. The van der Waals surface area contributed by atoms with Crippen molar-refractivity contribution >= 4 is 17.7 Å². The molecule has 1 saturated heterocycles. The molecular formula is C24H26N2O3. The van der Waals surface area contributed by atoms with Gasteiger partial charge >= 0.3 is 0 Å². The summed E-state index contributed by atoms with van der Waals surface area (Å²) in [6.45, 7) is 5.87. The number of carbonyl (C=O) groups excluding carboxylic acids is 3. The Bertz CT molecular complexity index is 915. The van der Waals surface area contributed by atoms with Gasteiger partial charge in [0.15, 0.2) is 0 Å². The zero-order valence-electron chi connectivity index (χ0n) is 17.0. The van der Waals surface area contributed by atoms with Gasteiger partial charge in [0.2, 0.25) is 0 Å². The average Bonchev–Trinajstić information content (AvgIpc) is 2.91. The van der Waals surface area contributed by atoms with E-state index in [1.807, 2.05) is 81.4 Å². The number of benzene rings is 2. The summed E-state index contributed by atoms with van der Waals surface area (Å²) < 4.78 is 0. The Balaban J connectivity index is 1.67. The Hall–Kier alpha value is -2.95. The molecule has 5 heteroatoms. The van der Waals surface area contributed by atoms with E-state index in [1.165, 1.54) is 0 Å². The van der Waals surface area contributed by atoms with Crippen LogP contribution >= 0.6 is 0 Å². The summed E-state index contributed by atoms with van der Waals surface area (Å²) in [6.07, 6.45) is 1.32. The number of rotatable bonds is 4. The van der Waals surface area contributed by atoms with Gasteiger partial charge in [0.1, 0.15) is 0 Å². The molecule has 1 heterocycles. The van der Waals surface area contributed by atoms with Crippen molar-refractivity contribution in [3.63, 3.8) is 0 Å². The van der Waals surface area contributed by atoms with Gasteiger partial charge in [0.25, 0.3) is 17.7 Å². The lowest BCUT2D eigenvalue weighted by atomic mass is 9.63. The summed E-state index contributed by atoms with van der Waals surface area (Å²) >= 11 is 0. The van der Waals surface area contributed by atoms with Crippen molar-refractivity contribution in [3.8, 4) is 0 Å². The van der Waals surface area contributed by atoms with Crippen molar-refractivity contribution < 1.29 is 14.4 Å². The third-order valence-corrected chi connectivity index (χ3v) is 7.17. The van der Waals surface area contributed by atoms with Crippen LogP contribution in [0, 0.1) is 16.7 Å². The molecular weight excluding hydrogens is 364 g/mol. The lowest BCUT2D eigenvalue weighted by Crippen LogP contribution is -2.64. The number of amides is 3. The van der Waals surface area contributed by atoms with E-state index in [4.69, 9.17) is 0 Å². The standard InChI is InChI=1S/C24H26N2O3/c1-23(2)18-14-15-24(23,3)22(29)26(21(18)28)25-20(27)19(16-10-6-4-7-11-16)17-12-8-5-9-13-17/h4-13,18-19H,14-15H2,1-3H3,(H,25,27)/t18-,24+/m0/s1. The fourth-order valence-corrected chi connectivity index (χ4v) is 4.88. The maximum absolute atomic E-state index is 13.3. The third kappa shape index (κ3) is 2.87. The molecule has 3 amide bonds. The number of hydrogen-bond donors (Lipinski definition) is 1. The Morgan fingerprint density at radius 1 is 0.966 bits per heavy atom. The van der Waals surface area contributed by atoms with Crippen LogP contribution in [0.3, 0.4) is 0 Å². The van der Waals surface area contributed by atoms with E-state index in [2.05, 4.69) is 5.43 Å². The average molecular weight is 390 g/mol. The molecule has 2 aromatic rings. The third-order valence-electron chi connectivity index (χ3n) is 7.17. The van der Waals surface area contributed by atoms with Crippen molar-refractivity contribution in [2.45, 2.75) is 39.5 Å². The van der Waals surface area contributed by atoms with Crippen molar-refractivity contribution in [1.82, 2.24) is 10.4 Å². The van der Waals surface area contributed by atoms with E-state index in [1.54, 1.807) is 0 Å². The maximum Gasteiger partial charge on any atom is 0.254 e. The van der Waals surface area contributed by atoms with Gasteiger partial charge < -0.3 is 0 Å². The zero-order valence-corrected chi connectivity index (χ0v) is 17.0. The number of hydrogen-bond acceptors (Lipinski definition) is 3. The Morgan fingerprint density at radius 3 is 2.00 bits per heavy atom. The van der Waals surface area contributed by atoms with Crippen LogP contribution in [-0.2, 0) is 14.4 Å². The highest BCUT2D eigenvalue weighted by Gasteiger charge is 2.65. The van der Waals surface area contributed by atoms with Crippen LogP contribution in [0.25, 0.3) is 0 Å². The molecule has 5 nitrogen and oxygen atoms in total. The molecule has 2 bridgehead atoms. The van der Waals surface area contributed by atoms with Gasteiger partial charge in [0, 0.05) is 5.92 Å². The van der Waals surface area contributed by atoms with Crippen molar-refractivity contribution in [3.05, 3.63) is 71.8 Å². The van der Waals surface area contributed by atoms with Crippen LogP contribution in [0.1, 0.15) is 50.7 Å². The molecule has 4 rings (SSSR count). The fourth-order valence-electron chi connectivity index (χ4n) is 4.88. The number of fused-ring (bicyclic) bond motifs is 2. The number of piperidine rings is 1. The van der Waals surface area contributed by atoms with E-state index >= 15 is 0 Å². The van der Waals surface area contributed by atoms with E-state index < -0.39 is 16.7 Å². The zero-order chi connectivity index (χ0) is 20.8. The smallest absolute Gasteiger partial charge is 0.254 e. The Kier molecular flexibility index (Phi) is 4.56. The van der Waals surface area contributed by atoms with Crippen LogP contribution in [-0.4, -0.2) is 22.7 Å². The van der Waals surface area contributed by atoms with Crippen LogP contribution in [0.4, 0.5) is 0 Å². The van der Waals surface area contributed by atoms with Crippen LogP contribution in [0.5, 0.6) is 0 Å². The highest BCUT2D eigenvalue weighted by Crippen LogP contribution is 2.59. The number of carbonyl (C=O) groups is 3. The van der Waals surface area contributed by atoms with Crippen LogP contribution in [0.15, 0.2) is 60.7 Å². The van der Waals surface area contributed by atoms with E-state index in [0.29, 0.717) is 12.8 Å². The predicted octanol–water partition coefficient (Wildman–Crippen LogP) is 3.66. The molecule has 29 heavy (non-hydrogen) atoms. The summed E-state index contributed by atoms with van der Waals surface area (Å²) in [6, 6.07) is 18.8. The van der Waals surface area contributed by atoms with Crippen molar-refractivity contribution in [2.75, 3.05) is 0 Å². The summed E-state index contributed by atoms with van der Waals surface area (Å²) in [5.74, 6) is -1.87. The van der Waals surface area contributed by atoms with Gasteiger partial charge in [-0.1, -0.05) is 81.4 Å². The second-order valence-corrected chi connectivity index (χ2v) is 8.85. The molecule has 0 unspecified atom stereocenters. The minimum absolute atomic E-state index is 0.266. The maximum atomic E-state index is 13.3. The second-order valence-electron chi connectivity index (χ2n) is 8.85. The monoisotopic (exact) mass is 390 g/mol. The molecule has 0 spiro atoms. The lowest BCUT2D eigenvalue weighted by molar-refractivity contribution is -0.174. The molecule has 150 valence electrons. The first-order valence-electron chi connectivity index (χ1n) is 10.1. The SMILES string of the molecule is CC1(C)[C@H]2CC[C@]1(C)C(=O)N(NC(=O)C(c1ccccc1)c1ccccc1)C2=O. The summed E-state index contributed by atoms with van der Waals surface area (Å²) in [5.41, 5.74) is 3.22. The molecule has 0 radical (unpaired) electrons. The largest absolute Gasteiger partial charge is 0.272 e. The first-order chi connectivity index (χ1) is 13.8. The topological polar surface area (TPSA) is 66.5 Å². The van der Waals surface area contributed by atoms with Crippen LogP contribution in [0.2, 0.25) is 0 Å². The molecule has 2 aliphatic rings. The van der Waals surface area contributed by atoms with E-state index in [9.17, 15) is 14.4 Å². The van der Waals surface area contributed by atoms with Gasteiger partial charge in [-0.3, -0.25) is 19.8 Å². The predicted molar refractivity (Wildman–Crippen MR) is 109 cm³/mol. The van der Waals surface area contributed by atoms with E-state index in [-0.39, 0.29) is 23.6 Å². The minimum Gasteiger partial charge on any atom is -0.272 e. The molecule has 2 fully saturated rings. The second kappa shape index (κ2) is 6.83. The van der Waals surface area contributed by atoms with Gasteiger partial charge in [0.05, 0.1) is 11.3 Å². The van der Waals surface area contributed by atoms with E-state index in [0.717, 1.165) is 16.1 Å². The van der Waals surface area contributed by atoms with Crippen molar-refractivity contribution in [1.29, 1.82) is 0 Å². The number of imide groups is 1. The molecule has 0 aromatic heterocycles. The van der Waals surface area contributed by atoms with Gasteiger partial charge in [-0.25, -0.2) is 0 Å². The number of hydrazine groups is 1. The molecule has 1 saturated carbocycles. The fraction of sp³-hybridized carbons (Fsp3) is 0.375. The summed E-state index contributed by atoms with van der Waals surface area (Å²) in [5, 5.41) is 0.990. The number of nitrogens with zero attached hydrogens (tertiary/aromatic N) is 1. The first kappa shape index (κ1) is 19.4. The molecule has 1 aliphatic carbocycles. The highest BCUT2D eigenvalue weighted by atomic mass is 16.2. The van der Waals surface area contributed by atoms with Gasteiger partial charge in [-0.2, -0.15) is 5.01 Å². The lowest BCUT2D eigenvalue weighted by Gasteiger charge is -2.47. The molecule has 1 N–H and O–H groups in total. The Morgan fingerprint density at radius 2 is 1.48 bits per heavy atom. The van der Waals surface area contributed by atoms with Crippen LogP contribution < -0.4 is 5.43 Å². The van der Waals surface area contributed by atoms with Gasteiger partial charge in [-0.05, 0) is 29.4 Å². The quantitative estimate of drug-likeness (QED) is 0.810. The van der Waals surface area contributed by atoms with Crippen molar-refractivity contribution in [2.24, 2.45) is 16.7 Å². The summed E-state index contributed by atoms with van der Waals surface area (Å²) in [7, 11) is 0. The van der Waals surface area contributed by atoms with Gasteiger partial charge in [-0.15, -0.1) is 0 Å². The summed E-state index contributed by atoms with van der Waals surface area (Å²) in [4.78, 5) is 39.7. The normalized spacial score (nSPS) is 25.4. The number of nitrogens with one attached hydrogen (secondary N) is 1. The molecule has 2 aromatic carbocycles. The Labute approximate surface area is 171 Å². The molecule has 2 atom stereocenters.